The number of alkyl halides is 3. The van der Waals surface area contributed by atoms with Crippen molar-refractivity contribution in [1.29, 1.82) is 0 Å². The average molecular weight is 302 g/mol. The van der Waals surface area contributed by atoms with Gasteiger partial charge in [0.2, 0.25) is 5.91 Å². The van der Waals surface area contributed by atoms with E-state index in [1.807, 2.05) is 6.07 Å². The summed E-state index contributed by atoms with van der Waals surface area (Å²) in [5, 5.41) is 5.82. The zero-order valence-electron chi connectivity index (χ0n) is 11.4. The molecule has 21 heavy (non-hydrogen) atoms. The van der Waals surface area contributed by atoms with Crippen LogP contribution in [0.15, 0.2) is 24.3 Å². The lowest BCUT2D eigenvalue weighted by atomic mass is 10.0. The molecule has 0 bridgehead atoms. The van der Waals surface area contributed by atoms with Crippen LogP contribution in [0.5, 0.6) is 0 Å². The van der Waals surface area contributed by atoms with Crippen molar-refractivity contribution >= 4 is 5.91 Å². The highest BCUT2D eigenvalue weighted by Crippen LogP contribution is 2.16. The Morgan fingerprint density at radius 2 is 2.05 bits per heavy atom. The predicted molar refractivity (Wildman–Crippen MR) is 70.4 cm³/mol. The van der Waals surface area contributed by atoms with Crippen LogP contribution < -0.4 is 10.6 Å². The number of benzene rings is 1. The second kappa shape index (κ2) is 6.91. The maximum Gasteiger partial charge on any atom is 0.411 e. The SMILES string of the molecule is O=C(NCc1cccc(COCC(F)(F)F)c1)C1CNC1. The second-order valence-electron chi connectivity index (χ2n) is 5.00. The summed E-state index contributed by atoms with van der Waals surface area (Å²) in [5.41, 5.74) is 1.49. The van der Waals surface area contributed by atoms with E-state index in [0.717, 1.165) is 5.56 Å². The van der Waals surface area contributed by atoms with Crippen LogP contribution in [0.2, 0.25) is 0 Å². The summed E-state index contributed by atoms with van der Waals surface area (Å²) in [6, 6.07) is 6.97. The van der Waals surface area contributed by atoms with E-state index in [9.17, 15) is 18.0 Å². The normalized spacial score (nSPS) is 15.6. The molecule has 2 N–H and O–H groups in total. The molecule has 2 rings (SSSR count). The molecule has 0 saturated carbocycles. The highest BCUT2D eigenvalue weighted by atomic mass is 19.4. The number of hydrogen-bond donors (Lipinski definition) is 2. The topological polar surface area (TPSA) is 50.4 Å². The molecular formula is C14H17F3N2O2. The monoisotopic (exact) mass is 302 g/mol. The molecule has 0 spiro atoms. The number of halogens is 3. The summed E-state index contributed by atoms with van der Waals surface area (Å²) in [6.45, 7) is 0.382. The summed E-state index contributed by atoms with van der Waals surface area (Å²) in [4.78, 5) is 11.7. The van der Waals surface area contributed by atoms with Crippen molar-refractivity contribution in [3.63, 3.8) is 0 Å². The Kier molecular flexibility index (Phi) is 5.19. The fourth-order valence-corrected chi connectivity index (χ4v) is 1.92. The summed E-state index contributed by atoms with van der Waals surface area (Å²) in [6.07, 6.45) is -4.32. The summed E-state index contributed by atoms with van der Waals surface area (Å²) < 4.78 is 40.6. The Bertz CT molecular complexity index is 487. The molecule has 0 aliphatic carbocycles. The van der Waals surface area contributed by atoms with Gasteiger partial charge in [0.25, 0.3) is 0 Å². The Balaban J connectivity index is 1.78. The van der Waals surface area contributed by atoms with Gasteiger partial charge in [0.1, 0.15) is 6.61 Å². The number of nitrogens with one attached hydrogen (secondary N) is 2. The standard InChI is InChI=1S/C14H17F3N2O2/c15-14(16,17)9-21-8-11-3-1-2-10(4-11)5-19-13(20)12-6-18-7-12/h1-4,12,18H,5-9H2,(H,19,20). The quantitative estimate of drug-likeness (QED) is 0.839. The first-order chi connectivity index (χ1) is 9.94. The number of ether oxygens (including phenoxy) is 1. The van der Waals surface area contributed by atoms with Gasteiger partial charge in [0, 0.05) is 19.6 Å². The fourth-order valence-electron chi connectivity index (χ4n) is 1.92. The third kappa shape index (κ3) is 5.35. The molecule has 116 valence electrons. The van der Waals surface area contributed by atoms with Crippen LogP contribution in [0.3, 0.4) is 0 Å². The van der Waals surface area contributed by atoms with Crippen LogP contribution >= 0.6 is 0 Å². The van der Waals surface area contributed by atoms with E-state index in [2.05, 4.69) is 15.4 Å². The van der Waals surface area contributed by atoms with E-state index in [-0.39, 0.29) is 18.4 Å². The molecule has 7 heteroatoms. The van der Waals surface area contributed by atoms with Crippen molar-refractivity contribution in [2.24, 2.45) is 5.92 Å². The van der Waals surface area contributed by atoms with Crippen LogP contribution in [0, 0.1) is 5.92 Å². The molecule has 1 aromatic carbocycles. The van der Waals surface area contributed by atoms with Gasteiger partial charge in [-0.2, -0.15) is 13.2 Å². The van der Waals surface area contributed by atoms with Crippen LogP contribution in [0.4, 0.5) is 13.2 Å². The van der Waals surface area contributed by atoms with Crippen molar-refractivity contribution < 1.29 is 22.7 Å². The van der Waals surface area contributed by atoms with Gasteiger partial charge < -0.3 is 15.4 Å². The van der Waals surface area contributed by atoms with Gasteiger partial charge in [-0.3, -0.25) is 4.79 Å². The van der Waals surface area contributed by atoms with Crippen molar-refractivity contribution in [1.82, 2.24) is 10.6 Å². The van der Waals surface area contributed by atoms with Crippen molar-refractivity contribution in [3.05, 3.63) is 35.4 Å². The molecule has 0 unspecified atom stereocenters. The Morgan fingerprint density at radius 1 is 1.33 bits per heavy atom. The van der Waals surface area contributed by atoms with Gasteiger partial charge in [-0.25, -0.2) is 0 Å². The molecular weight excluding hydrogens is 285 g/mol. The Hall–Kier alpha value is -1.60. The third-order valence-electron chi connectivity index (χ3n) is 3.14. The van der Waals surface area contributed by atoms with Crippen LogP contribution in [-0.2, 0) is 22.7 Å². The molecule has 1 heterocycles. The predicted octanol–water partition coefficient (Wildman–Crippen LogP) is 1.60. The molecule has 1 aliphatic rings. The second-order valence-corrected chi connectivity index (χ2v) is 5.00. The number of carbonyl (C=O) groups excluding carboxylic acids is 1. The lowest BCUT2D eigenvalue weighted by Crippen LogP contribution is -2.50. The van der Waals surface area contributed by atoms with Crippen LogP contribution in [0.25, 0.3) is 0 Å². The molecule has 0 aromatic heterocycles. The number of carbonyl (C=O) groups is 1. The average Bonchev–Trinajstić information content (AvgIpc) is 2.33. The van der Waals surface area contributed by atoms with E-state index in [1.165, 1.54) is 0 Å². The Labute approximate surface area is 120 Å². The maximum atomic E-state index is 12.0. The van der Waals surface area contributed by atoms with Gasteiger partial charge >= 0.3 is 6.18 Å². The minimum atomic E-state index is -4.32. The highest BCUT2D eigenvalue weighted by molar-refractivity contribution is 5.79. The van der Waals surface area contributed by atoms with E-state index < -0.39 is 12.8 Å². The van der Waals surface area contributed by atoms with E-state index >= 15 is 0 Å². The molecule has 4 nitrogen and oxygen atoms in total. The summed E-state index contributed by atoms with van der Waals surface area (Å²) in [5.74, 6) is 0.00998. The van der Waals surface area contributed by atoms with Crippen LogP contribution in [0.1, 0.15) is 11.1 Å². The van der Waals surface area contributed by atoms with Gasteiger partial charge in [-0.15, -0.1) is 0 Å². The minimum absolute atomic E-state index is 0.00697. The smallest absolute Gasteiger partial charge is 0.367 e. The summed E-state index contributed by atoms with van der Waals surface area (Å²) in [7, 11) is 0. The highest BCUT2D eigenvalue weighted by Gasteiger charge is 2.27. The first-order valence-corrected chi connectivity index (χ1v) is 6.65. The van der Waals surface area contributed by atoms with Gasteiger partial charge in [-0.05, 0) is 11.1 Å². The number of amides is 1. The van der Waals surface area contributed by atoms with Gasteiger partial charge in [-0.1, -0.05) is 24.3 Å². The lowest BCUT2D eigenvalue weighted by Gasteiger charge is -2.25. The van der Waals surface area contributed by atoms with Crippen molar-refractivity contribution in [3.8, 4) is 0 Å². The van der Waals surface area contributed by atoms with Gasteiger partial charge in [0.15, 0.2) is 0 Å². The minimum Gasteiger partial charge on any atom is -0.367 e. The molecule has 1 amide bonds. The molecule has 1 aliphatic heterocycles. The molecule has 1 fully saturated rings. The molecule has 0 radical (unpaired) electrons. The fraction of sp³-hybridized carbons (Fsp3) is 0.500. The zero-order chi connectivity index (χ0) is 15.3. The maximum absolute atomic E-state index is 12.0. The van der Waals surface area contributed by atoms with Crippen molar-refractivity contribution in [2.75, 3.05) is 19.7 Å². The summed E-state index contributed by atoms with van der Waals surface area (Å²) >= 11 is 0. The van der Waals surface area contributed by atoms with E-state index in [1.54, 1.807) is 18.2 Å². The van der Waals surface area contributed by atoms with Crippen molar-refractivity contribution in [2.45, 2.75) is 19.3 Å². The number of hydrogen-bond acceptors (Lipinski definition) is 3. The van der Waals surface area contributed by atoms with E-state index in [4.69, 9.17) is 0 Å². The Morgan fingerprint density at radius 3 is 2.67 bits per heavy atom. The largest absolute Gasteiger partial charge is 0.411 e. The molecule has 0 atom stereocenters. The third-order valence-corrected chi connectivity index (χ3v) is 3.14. The van der Waals surface area contributed by atoms with Crippen LogP contribution in [-0.4, -0.2) is 31.8 Å². The molecule has 1 aromatic rings. The first-order valence-electron chi connectivity index (χ1n) is 6.65. The molecule has 1 saturated heterocycles. The van der Waals surface area contributed by atoms with Gasteiger partial charge in [0.05, 0.1) is 12.5 Å². The van der Waals surface area contributed by atoms with E-state index in [0.29, 0.717) is 25.2 Å². The lowest BCUT2D eigenvalue weighted by molar-refractivity contribution is -0.176. The first kappa shape index (κ1) is 15.8. The zero-order valence-corrected chi connectivity index (χ0v) is 11.4. The number of rotatable bonds is 6.